The first-order chi connectivity index (χ1) is 46.0. The molecule has 0 aliphatic carbocycles. The lowest BCUT2D eigenvalue weighted by Gasteiger charge is -2.51. The molecular formula is C95H198F8. The van der Waals surface area contributed by atoms with Crippen LogP contribution in [-0.2, 0) is 0 Å². The van der Waals surface area contributed by atoms with E-state index in [0.29, 0.717) is 53.8 Å². The first kappa shape index (κ1) is 118. The van der Waals surface area contributed by atoms with Crippen LogP contribution < -0.4 is 0 Å². The van der Waals surface area contributed by atoms with Crippen LogP contribution in [0.25, 0.3) is 0 Å². The van der Waals surface area contributed by atoms with Crippen LogP contribution in [0.4, 0.5) is 35.1 Å². The molecule has 0 aromatic heterocycles. The molecule has 0 heterocycles. The number of halogens is 8. The van der Waals surface area contributed by atoms with Crippen LogP contribution in [0.3, 0.4) is 0 Å². The third kappa shape index (κ3) is 37.1. The van der Waals surface area contributed by atoms with Gasteiger partial charge in [0.15, 0.2) is 0 Å². The highest BCUT2D eigenvalue weighted by Crippen LogP contribution is 2.55. The summed E-state index contributed by atoms with van der Waals surface area (Å²) in [5, 5.41) is 0. The molecule has 0 nitrogen and oxygen atoms in total. The summed E-state index contributed by atoms with van der Waals surface area (Å²) in [6.45, 7) is 101. The highest BCUT2D eigenvalue weighted by atomic mass is 19.2. The Balaban J connectivity index is -0.000000168. The molecule has 0 saturated heterocycles. The van der Waals surface area contributed by atoms with E-state index in [1.165, 1.54) is 0 Å². The van der Waals surface area contributed by atoms with E-state index in [2.05, 4.69) is 215 Å². The molecule has 0 aliphatic rings. The summed E-state index contributed by atoms with van der Waals surface area (Å²) in [5.74, 6) is 5.15. The van der Waals surface area contributed by atoms with Crippen molar-refractivity contribution in [2.75, 3.05) is 0 Å². The zero-order valence-corrected chi connectivity index (χ0v) is 80.0. The molecule has 0 saturated carbocycles. The molecule has 0 fully saturated rings. The zero-order valence-electron chi connectivity index (χ0n) is 80.0. The van der Waals surface area contributed by atoms with Gasteiger partial charge in [-0.3, -0.25) is 0 Å². The molecule has 0 bridgehead atoms. The summed E-state index contributed by atoms with van der Waals surface area (Å²) in [4.78, 5) is 0. The molecule has 103 heavy (non-hydrogen) atoms. The van der Waals surface area contributed by atoms with Gasteiger partial charge in [0.2, 0.25) is 0 Å². The molecule has 0 N–H and O–H groups in total. The average Bonchev–Trinajstić information content (AvgIpc) is 0.764. The smallest absolute Gasteiger partial charge is 0.118 e. The van der Waals surface area contributed by atoms with Gasteiger partial charge in [0.25, 0.3) is 0 Å². The van der Waals surface area contributed by atoms with Crippen molar-refractivity contribution in [3.63, 3.8) is 0 Å². The van der Waals surface area contributed by atoms with E-state index in [9.17, 15) is 26.3 Å². The molecule has 0 aromatic rings. The van der Waals surface area contributed by atoms with Crippen LogP contribution in [-0.4, -0.2) is 45.4 Å². The summed E-state index contributed by atoms with van der Waals surface area (Å²) in [5.41, 5.74) is -8.76. The molecule has 4 atom stereocenters. The fourth-order valence-corrected chi connectivity index (χ4v) is 18.6. The summed E-state index contributed by atoms with van der Waals surface area (Å²) < 4.78 is 115. The van der Waals surface area contributed by atoms with Gasteiger partial charge >= 0.3 is 0 Å². The molecule has 0 spiro atoms. The third-order valence-electron chi connectivity index (χ3n) is 28.2. The second-order valence-corrected chi connectivity index (χ2v) is 39.0. The number of rotatable bonds is 37. The summed E-state index contributed by atoms with van der Waals surface area (Å²) in [7, 11) is 0. The monoisotopic (exact) mass is 1490 g/mol. The van der Waals surface area contributed by atoms with Crippen LogP contribution in [0.15, 0.2) is 0 Å². The predicted molar refractivity (Wildman–Crippen MR) is 456 cm³/mol. The number of hydrogen-bond donors (Lipinski definition) is 0. The molecule has 0 aliphatic heterocycles. The quantitative estimate of drug-likeness (QED) is 0.0544. The lowest BCUT2D eigenvalue weighted by atomic mass is 9.57. The number of alkyl halides is 8. The highest BCUT2D eigenvalue weighted by molar-refractivity contribution is 5.03. The first-order valence-corrected chi connectivity index (χ1v) is 43.5. The van der Waals surface area contributed by atoms with Crippen molar-refractivity contribution in [1.82, 2.24) is 0 Å². The van der Waals surface area contributed by atoms with Gasteiger partial charge in [0, 0.05) is 16.2 Å². The van der Waals surface area contributed by atoms with Gasteiger partial charge in [-0.2, -0.15) is 0 Å². The minimum absolute atomic E-state index is 0.0994. The van der Waals surface area contributed by atoms with Gasteiger partial charge in [-0.15, -0.1) is 0 Å². The molecule has 0 amide bonds. The van der Waals surface area contributed by atoms with E-state index < -0.39 is 45.4 Å². The van der Waals surface area contributed by atoms with Crippen molar-refractivity contribution in [2.24, 2.45) is 135 Å². The minimum Gasteiger partial charge on any atom is -0.244 e. The highest BCUT2D eigenvalue weighted by Gasteiger charge is 2.54. The molecule has 0 unspecified atom stereocenters. The Morgan fingerprint density at radius 2 is 0.408 bits per heavy atom. The van der Waals surface area contributed by atoms with Crippen LogP contribution >= 0.6 is 0 Å². The molecule has 8 heteroatoms. The van der Waals surface area contributed by atoms with Gasteiger partial charge in [0.05, 0.1) is 0 Å². The Morgan fingerprint density at radius 3 is 0.524 bits per heavy atom. The van der Waals surface area contributed by atoms with Crippen molar-refractivity contribution in [2.45, 2.75) is 481 Å². The fourth-order valence-electron chi connectivity index (χ4n) is 18.6. The fraction of sp³-hybridized carbons (Fsp3) is 1.00. The minimum atomic E-state index is -1.09. The summed E-state index contributed by atoms with van der Waals surface area (Å²) in [6, 6.07) is 0. The topological polar surface area (TPSA) is 0 Å². The Hall–Kier alpha value is -0.560. The van der Waals surface area contributed by atoms with Crippen LogP contribution in [0.1, 0.15) is 436 Å². The molecule has 0 radical (unpaired) electrons. The molecule has 0 aromatic carbocycles. The van der Waals surface area contributed by atoms with Crippen LogP contribution in [0.2, 0.25) is 0 Å². The maximum Gasteiger partial charge on any atom is 0.118 e. The Morgan fingerprint density at radius 1 is 0.214 bits per heavy atom. The van der Waals surface area contributed by atoms with E-state index in [0.717, 1.165) is 83.5 Å². The maximum atomic E-state index is 15.4. The number of hydrogen-bond acceptors (Lipinski definition) is 0. The largest absolute Gasteiger partial charge is 0.244 e. The molecule has 634 valence electrons. The first-order valence-electron chi connectivity index (χ1n) is 43.5. The zero-order chi connectivity index (χ0) is 84.9. The van der Waals surface area contributed by atoms with Gasteiger partial charge in [-0.05, 0) is 219 Å². The third-order valence-corrected chi connectivity index (χ3v) is 28.2. The van der Waals surface area contributed by atoms with Gasteiger partial charge in [-0.1, -0.05) is 336 Å². The Labute approximate surface area is 647 Å². The van der Waals surface area contributed by atoms with E-state index in [1.807, 2.05) is 90.0 Å². The van der Waals surface area contributed by atoms with Crippen molar-refractivity contribution in [3.05, 3.63) is 0 Å². The van der Waals surface area contributed by atoms with Crippen LogP contribution in [0.5, 0.6) is 0 Å². The maximum absolute atomic E-state index is 15.4. The SMILES string of the molecule is CC(C)C(C(C)C)C(C)(F)C(C(C)C)C(C)C.CC(C)C(C(C)C)[C@@](C)(F)C(C)C.CC(C)C(C)(F)C(C)C.CCC(C)(CC)C(C)(F)C(C)(CC)CC.CCC(C)(CC)[C@@](C)(F)C(C)C.CCC(CC)C(C)(F)C(CC)CC.CCC(CC)[C@@](C)(F)C(C)C.CCC[C@](C)(F)C(C(C)C)C(C)C. The van der Waals surface area contributed by atoms with Crippen molar-refractivity contribution in [3.8, 4) is 0 Å². The average molecular weight is 1490 g/mol. The Kier molecular flexibility index (Phi) is 60.4. The van der Waals surface area contributed by atoms with E-state index in [4.69, 9.17) is 0 Å². The lowest BCUT2D eigenvalue weighted by molar-refractivity contribution is -0.0946. The predicted octanol–water partition coefficient (Wildman–Crippen LogP) is 35.3. The van der Waals surface area contributed by atoms with Gasteiger partial charge in [0.1, 0.15) is 45.4 Å². The van der Waals surface area contributed by atoms with Crippen molar-refractivity contribution < 1.29 is 35.1 Å². The van der Waals surface area contributed by atoms with Crippen molar-refractivity contribution >= 4 is 0 Å². The molecule has 0 rings (SSSR count). The second kappa shape index (κ2) is 52.6. The van der Waals surface area contributed by atoms with E-state index in [-0.39, 0.29) is 87.3 Å². The molecular weight excluding hydrogens is 1290 g/mol. The van der Waals surface area contributed by atoms with E-state index >= 15 is 8.78 Å². The normalized spacial score (nSPS) is 15.6. The van der Waals surface area contributed by atoms with Gasteiger partial charge in [-0.25, -0.2) is 35.1 Å². The van der Waals surface area contributed by atoms with Crippen LogP contribution in [0, 0.1) is 135 Å². The lowest BCUT2D eigenvalue weighted by Crippen LogP contribution is -2.51. The van der Waals surface area contributed by atoms with Crippen molar-refractivity contribution in [1.29, 1.82) is 0 Å². The Bertz CT molecular complexity index is 1850. The van der Waals surface area contributed by atoms with Gasteiger partial charge < -0.3 is 0 Å². The second-order valence-electron chi connectivity index (χ2n) is 39.0. The summed E-state index contributed by atoms with van der Waals surface area (Å²) >= 11 is 0. The standard InChI is InChI=1S/C16H33F.C14H29F.3C12H25F.C11H23F.C10H21F.C8H17F/c1-10(2)14(11(3)4)16(9,17)15(12(5)6)13(7)8;1-8-12(5,9-2)14(7,15)13(6,10-3)11-4;1-8(2)11(9(3)4)12(7,13)10(5)6;1-7-8-12(6,13)11(9(2)3)10(4)5;1-6-10(7-2)12(5,13)11(8-3)9-4;1-7-10(5,8-2)11(6,12)9(3)4;1-6-9(7-2)10(5,11)8(3)4;1-6(2)8(5,9)7(3)4/h10-15H,1-9H3;8-11H2,1-7H3;8-11H,1-7H3;9-11H,7-8H2,1-6H3;10-11H,6-9H2,1-5H3;9H,7-8H2,1-6H3;8-9H,6-7H2,1-5H3;6-7H,1-5H3/t;;2*12-;;11-;10-;/m..00.00./s1. The summed E-state index contributed by atoms with van der Waals surface area (Å²) in [6.07, 6.45) is 12.8. The van der Waals surface area contributed by atoms with E-state index in [1.54, 1.807) is 41.5 Å².